The molecular formula is C14H15F4N. The van der Waals surface area contributed by atoms with Gasteiger partial charge >= 0.3 is 6.18 Å². The van der Waals surface area contributed by atoms with Crippen molar-refractivity contribution in [2.45, 2.75) is 32.0 Å². The maximum Gasteiger partial charge on any atom is 0.419 e. The minimum absolute atomic E-state index is 0.365. The lowest BCUT2D eigenvalue weighted by molar-refractivity contribution is -0.140. The topological polar surface area (TPSA) is 12.0 Å². The number of alkyl halides is 3. The highest BCUT2D eigenvalue weighted by Gasteiger charge is 2.34. The second kappa shape index (κ2) is 5.33. The van der Waals surface area contributed by atoms with E-state index in [-0.39, 0.29) is 0 Å². The summed E-state index contributed by atoms with van der Waals surface area (Å²) in [7, 11) is 0. The van der Waals surface area contributed by atoms with E-state index in [4.69, 9.17) is 0 Å². The van der Waals surface area contributed by atoms with Gasteiger partial charge in [0, 0.05) is 12.6 Å². The first-order chi connectivity index (χ1) is 8.86. The second-order valence-corrected chi connectivity index (χ2v) is 4.88. The predicted octanol–water partition coefficient (Wildman–Crippen LogP) is 4.00. The number of hydrogen-bond acceptors (Lipinski definition) is 1. The average Bonchev–Trinajstić information content (AvgIpc) is 3.11. The highest BCUT2D eigenvalue weighted by molar-refractivity contribution is 5.54. The maximum atomic E-state index is 13.1. The third kappa shape index (κ3) is 4.06. The third-order valence-electron chi connectivity index (χ3n) is 2.96. The normalized spacial score (nSPS) is 16.8. The summed E-state index contributed by atoms with van der Waals surface area (Å²) in [6, 6.07) is 3.60. The fourth-order valence-electron chi connectivity index (χ4n) is 1.78. The first kappa shape index (κ1) is 14.1. The highest BCUT2D eigenvalue weighted by atomic mass is 19.4. The zero-order chi connectivity index (χ0) is 14.0. The number of nitrogens with one attached hydrogen (secondary N) is 1. The Balaban J connectivity index is 2.13. The molecule has 0 amide bonds. The van der Waals surface area contributed by atoms with E-state index in [2.05, 4.69) is 5.32 Å². The molecule has 0 aliphatic heterocycles. The molecule has 1 saturated carbocycles. The molecule has 0 radical (unpaired) electrons. The van der Waals surface area contributed by atoms with Crippen LogP contribution in [0.25, 0.3) is 6.08 Å². The molecule has 1 aliphatic rings. The Kier molecular flexibility index (Phi) is 3.94. The van der Waals surface area contributed by atoms with E-state index in [0.29, 0.717) is 18.2 Å². The van der Waals surface area contributed by atoms with E-state index in [1.54, 1.807) is 6.08 Å². The molecule has 0 unspecified atom stereocenters. The zero-order valence-electron chi connectivity index (χ0n) is 10.5. The van der Waals surface area contributed by atoms with Crippen LogP contribution in [-0.2, 0) is 6.18 Å². The van der Waals surface area contributed by atoms with Crippen molar-refractivity contribution >= 4 is 6.08 Å². The fraction of sp³-hybridized carbons (Fsp3) is 0.429. The number of halogens is 4. The van der Waals surface area contributed by atoms with E-state index < -0.39 is 17.6 Å². The van der Waals surface area contributed by atoms with Gasteiger partial charge in [0.05, 0.1) is 5.56 Å². The van der Waals surface area contributed by atoms with Gasteiger partial charge in [-0.3, -0.25) is 0 Å². The molecule has 1 aliphatic carbocycles. The van der Waals surface area contributed by atoms with E-state index in [0.717, 1.165) is 30.5 Å². The van der Waals surface area contributed by atoms with Crippen LogP contribution < -0.4 is 5.32 Å². The van der Waals surface area contributed by atoms with Gasteiger partial charge in [-0.1, -0.05) is 17.7 Å². The summed E-state index contributed by atoms with van der Waals surface area (Å²) in [5.74, 6) is -1.24. The van der Waals surface area contributed by atoms with Crippen molar-refractivity contribution in [3.8, 4) is 0 Å². The van der Waals surface area contributed by atoms with Crippen LogP contribution in [0.5, 0.6) is 0 Å². The predicted molar refractivity (Wildman–Crippen MR) is 66.1 cm³/mol. The van der Waals surface area contributed by atoms with E-state index >= 15 is 0 Å². The molecule has 0 spiro atoms. The molecule has 1 nitrogen and oxygen atoms in total. The first-order valence-electron chi connectivity index (χ1n) is 6.13. The third-order valence-corrected chi connectivity index (χ3v) is 2.96. The summed E-state index contributed by atoms with van der Waals surface area (Å²) >= 11 is 0. The van der Waals surface area contributed by atoms with Gasteiger partial charge in [-0.15, -0.1) is 0 Å². The van der Waals surface area contributed by atoms with Crippen molar-refractivity contribution in [1.82, 2.24) is 5.32 Å². The summed E-state index contributed by atoms with van der Waals surface area (Å²) in [6.07, 6.45) is -0.706. The molecule has 0 heterocycles. The molecule has 0 bridgehead atoms. The molecule has 0 atom stereocenters. The van der Waals surface area contributed by atoms with Crippen molar-refractivity contribution in [3.05, 3.63) is 40.7 Å². The molecule has 1 aromatic carbocycles. The lowest BCUT2D eigenvalue weighted by atomic mass is 10.1. The van der Waals surface area contributed by atoms with Gasteiger partial charge in [0.2, 0.25) is 0 Å². The molecule has 104 valence electrons. The standard InChI is InChI=1S/C14H15F4N/c1-9(8-19-11-3-4-11)6-10-2-5-13(15)12(7-10)14(16,17)18/h2,5-7,11,19H,3-4,8H2,1H3/b9-6-. The lowest BCUT2D eigenvalue weighted by Crippen LogP contribution is -2.18. The minimum Gasteiger partial charge on any atom is -0.310 e. The van der Waals surface area contributed by atoms with Crippen LogP contribution in [0, 0.1) is 5.82 Å². The van der Waals surface area contributed by atoms with Gasteiger partial charge in [-0.2, -0.15) is 13.2 Å². The van der Waals surface area contributed by atoms with Gasteiger partial charge < -0.3 is 5.32 Å². The average molecular weight is 273 g/mol. The maximum absolute atomic E-state index is 13.1. The molecule has 1 N–H and O–H groups in total. The van der Waals surface area contributed by atoms with Crippen molar-refractivity contribution in [1.29, 1.82) is 0 Å². The molecule has 0 aromatic heterocycles. The molecule has 1 fully saturated rings. The van der Waals surface area contributed by atoms with Crippen LogP contribution in [-0.4, -0.2) is 12.6 Å². The minimum atomic E-state index is -4.66. The van der Waals surface area contributed by atoms with Crippen LogP contribution in [0.1, 0.15) is 30.9 Å². The monoisotopic (exact) mass is 273 g/mol. The van der Waals surface area contributed by atoms with Crippen molar-refractivity contribution < 1.29 is 17.6 Å². The number of hydrogen-bond donors (Lipinski definition) is 1. The highest BCUT2D eigenvalue weighted by Crippen LogP contribution is 2.32. The Morgan fingerprint density at radius 2 is 2.05 bits per heavy atom. The molecule has 1 aromatic rings. The van der Waals surface area contributed by atoms with Gasteiger partial charge in [-0.05, 0) is 37.5 Å². The summed E-state index contributed by atoms with van der Waals surface area (Å²) in [5.41, 5.74) is 0.0691. The van der Waals surface area contributed by atoms with Crippen LogP contribution in [0.4, 0.5) is 17.6 Å². The zero-order valence-corrected chi connectivity index (χ0v) is 10.5. The first-order valence-corrected chi connectivity index (χ1v) is 6.13. The van der Waals surface area contributed by atoms with Gasteiger partial charge in [-0.25, -0.2) is 4.39 Å². The summed E-state index contributed by atoms with van der Waals surface area (Å²) in [6.45, 7) is 2.48. The molecule has 0 saturated heterocycles. The number of rotatable bonds is 4. The Morgan fingerprint density at radius 1 is 1.37 bits per heavy atom. The molecular weight excluding hydrogens is 258 g/mol. The molecule has 2 rings (SSSR count). The fourth-order valence-corrected chi connectivity index (χ4v) is 1.78. The van der Waals surface area contributed by atoms with Crippen molar-refractivity contribution in [2.24, 2.45) is 0 Å². The second-order valence-electron chi connectivity index (χ2n) is 4.88. The van der Waals surface area contributed by atoms with Crippen LogP contribution in [0.15, 0.2) is 23.8 Å². The lowest BCUT2D eigenvalue weighted by Gasteiger charge is -2.09. The molecule has 5 heteroatoms. The van der Waals surface area contributed by atoms with Gasteiger partial charge in [0.25, 0.3) is 0 Å². The largest absolute Gasteiger partial charge is 0.419 e. The molecule has 19 heavy (non-hydrogen) atoms. The van der Waals surface area contributed by atoms with Gasteiger partial charge in [0.1, 0.15) is 5.82 Å². The van der Waals surface area contributed by atoms with Crippen LogP contribution in [0.3, 0.4) is 0 Å². The Morgan fingerprint density at radius 3 is 2.63 bits per heavy atom. The van der Waals surface area contributed by atoms with Crippen molar-refractivity contribution in [3.63, 3.8) is 0 Å². The summed E-state index contributed by atoms with van der Waals surface area (Å²) < 4.78 is 50.8. The SMILES string of the molecule is C/C(=C/c1ccc(F)c(C(F)(F)F)c1)CNC1CC1. The Labute approximate surface area is 109 Å². The van der Waals surface area contributed by atoms with E-state index in [1.807, 2.05) is 6.92 Å². The smallest absolute Gasteiger partial charge is 0.310 e. The Bertz CT molecular complexity index is 487. The van der Waals surface area contributed by atoms with E-state index in [1.165, 1.54) is 6.07 Å². The Hall–Kier alpha value is -1.36. The van der Waals surface area contributed by atoms with Crippen molar-refractivity contribution in [2.75, 3.05) is 6.54 Å². The summed E-state index contributed by atoms with van der Waals surface area (Å²) in [5, 5.41) is 3.27. The van der Waals surface area contributed by atoms with E-state index in [9.17, 15) is 17.6 Å². The van der Waals surface area contributed by atoms with Crippen LogP contribution >= 0.6 is 0 Å². The number of benzene rings is 1. The van der Waals surface area contributed by atoms with Crippen LogP contribution in [0.2, 0.25) is 0 Å². The summed E-state index contributed by atoms with van der Waals surface area (Å²) in [4.78, 5) is 0. The quantitative estimate of drug-likeness (QED) is 0.818. The van der Waals surface area contributed by atoms with Gasteiger partial charge in [0.15, 0.2) is 0 Å².